The molecule has 9 nitrogen and oxygen atoms in total. The van der Waals surface area contributed by atoms with Crippen LogP contribution in [0.5, 0.6) is 11.5 Å². The molecule has 1 saturated heterocycles. The van der Waals surface area contributed by atoms with Crippen LogP contribution >= 0.6 is 0 Å². The highest BCUT2D eigenvalue weighted by molar-refractivity contribution is 5.71. The lowest BCUT2D eigenvalue weighted by molar-refractivity contribution is -0.146. The van der Waals surface area contributed by atoms with E-state index in [1.807, 2.05) is 59.7 Å². The summed E-state index contributed by atoms with van der Waals surface area (Å²) in [7, 11) is 3.29. The van der Waals surface area contributed by atoms with Gasteiger partial charge in [0.15, 0.2) is 11.5 Å². The van der Waals surface area contributed by atoms with Crippen LogP contribution in [-0.2, 0) is 25.4 Å². The van der Waals surface area contributed by atoms with Gasteiger partial charge in [0.25, 0.3) is 0 Å². The SMILES string of the molecule is COCCCOc1cc(C[C@@H](C[C@H]2[C@H](C(C)[C@H](C)C(=O)O)OC(C)(C)N2C(=O)OC(C)(C)C)C(C)C)ccc1OC. The second-order valence-corrected chi connectivity index (χ2v) is 13.1. The highest BCUT2D eigenvalue weighted by atomic mass is 16.6. The topological polar surface area (TPSA) is 104 Å². The molecule has 0 saturated carbocycles. The average Bonchev–Trinajstić information content (AvgIpc) is 3.14. The monoisotopic (exact) mass is 579 g/mol. The fourth-order valence-corrected chi connectivity index (χ4v) is 5.44. The largest absolute Gasteiger partial charge is 0.493 e. The van der Waals surface area contributed by atoms with E-state index in [0.29, 0.717) is 31.1 Å². The second kappa shape index (κ2) is 14.6. The van der Waals surface area contributed by atoms with Gasteiger partial charge in [-0.25, -0.2) is 4.79 Å². The second-order valence-electron chi connectivity index (χ2n) is 13.1. The van der Waals surface area contributed by atoms with Gasteiger partial charge in [-0.05, 0) is 82.9 Å². The molecule has 1 amide bonds. The molecule has 1 aliphatic rings. The van der Waals surface area contributed by atoms with E-state index in [2.05, 4.69) is 13.8 Å². The van der Waals surface area contributed by atoms with Crippen molar-refractivity contribution in [1.29, 1.82) is 0 Å². The molecule has 0 aromatic heterocycles. The van der Waals surface area contributed by atoms with E-state index in [4.69, 9.17) is 23.7 Å². The number of rotatable bonds is 14. The van der Waals surface area contributed by atoms with Crippen LogP contribution in [-0.4, -0.2) is 73.0 Å². The maximum atomic E-state index is 13.6. The number of hydrogen-bond acceptors (Lipinski definition) is 7. The molecule has 0 radical (unpaired) electrons. The number of hydrogen-bond donors (Lipinski definition) is 1. The molecule has 1 aliphatic heterocycles. The maximum Gasteiger partial charge on any atom is 0.412 e. The van der Waals surface area contributed by atoms with Gasteiger partial charge in [-0.3, -0.25) is 9.69 Å². The van der Waals surface area contributed by atoms with Gasteiger partial charge in [0.05, 0.1) is 31.8 Å². The predicted molar refractivity (Wildman–Crippen MR) is 158 cm³/mol. The number of benzene rings is 1. The third-order valence-corrected chi connectivity index (χ3v) is 7.97. The van der Waals surface area contributed by atoms with E-state index in [0.717, 1.165) is 18.4 Å². The quantitative estimate of drug-likeness (QED) is 0.252. The van der Waals surface area contributed by atoms with Gasteiger partial charge in [0.2, 0.25) is 0 Å². The Balaban J connectivity index is 2.42. The van der Waals surface area contributed by atoms with Crippen molar-refractivity contribution in [2.75, 3.05) is 27.4 Å². The minimum absolute atomic E-state index is 0.159. The van der Waals surface area contributed by atoms with Gasteiger partial charge < -0.3 is 28.8 Å². The number of nitrogens with zero attached hydrogens (tertiary/aromatic N) is 1. The Morgan fingerprint density at radius 2 is 1.73 bits per heavy atom. The Morgan fingerprint density at radius 3 is 2.27 bits per heavy atom. The van der Waals surface area contributed by atoms with E-state index in [1.54, 1.807) is 26.0 Å². The van der Waals surface area contributed by atoms with Gasteiger partial charge in [-0.2, -0.15) is 0 Å². The van der Waals surface area contributed by atoms with Crippen molar-refractivity contribution in [1.82, 2.24) is 4.90 Å². The summed E-state index contributed by atoms with van der Waals surface area (Å²) < 4.78 is 29.0. The Hall–Kier alpha value is -2.52. The fraction of sp³-hybridized carbons (Fsp3) is 0.750. The summed E-state index contributed by atoms with van der Waals surface area (Å²) in [5.41, 5.74) is -0.554. The van der Waals surface area contributed by atoms with Crippen molar-refractivity contribution >= 4 is 12.1 Å². The maximum absolute atomic E-state index is 13.6. The third kappa shape index (κ3) is 9.50. The Kier molecular flexibility index (Phi) is 12.3. The minimum Gasteiger partial charge on any atom is -0.493 e. The highest BCUT2D eigenvalue weighted by Crippen LogP contribution is 2.42. The molecule has 1 aromatic rings. The summed E-state index contributed by atoms with van der Waals surface area (Å²) >= 11 is 0. The first-order valence-electron chi connectivity index (χ1n) is 14.7. The van der Waals surface area contributed by atoms with Crippen molar-refractivity contribution < 1.29 is 38.4 Å². The molecular weight excluding hydrogens is 526 g/mol. The molecule has 1 heterocycles. The molecule has 2 rings (SSSR count). The molecule has 0 bridgehead atoms. The molecule has 9 heteroatoms. The first-order chi connectivity index (χ1) is 19.0. The Bertz CT molecular complexity index is 1000. The molecule has 0 spiro atoms. The summed E-state index contributed by atoms with van der Waals surface area (Å²) in [6, 6.07) is 5.62. The summed E-state index contributed by atoms with van der Waals surface area (Å²) in [5, 5.41) is 9.79. The zero-order valence-corrected chi connectivity index (χ0v) is 27.0. The number of carbonyl (C=O) groups excluding carboxylic acids is 1. The summed E-state index contributed by atoms with van der Waals surface area (Å²) in [5.74, 6) is -0.0619. The van der Waals surface area contributed by atoms with Crippen LogP contribution in [0.2, 0.25) is 0 Å². The highest BCUT2D eigenvalue weighted by Gasteiger charge is 2.54. The molecule has 1 unspecified atom stereocenters. The Labute approximate surface area is 246 Å². The van der Waals surface area contributed by atoms with Crippen molar-refractivity contribution in [3.8, 4) is 11.5 Å². The summed E-state index contributed by atoms with van der Waals surface area (Å²) in [6.45, 7) is 18.3. The van der Waals surface area contributed by atoms with Crippen LogP contribution in [0, 0.1) is 23.7 Å². The van der Waals surface area contributed by atoms with E-state index in [1.165, 1.54) is 0 Å². The van der Waals surface area contributed by atoms with Crippen molar-refractivity contribution in [3.05, 3.63) is 23.8 Å². The van der Waals surface area contributed by atoms with Gasteiger partial charge >= 0.3 is 12.1 Å². The van der Waals surface area contributed by atoms with Crippen molar-refractivity contribution in [3.63, 3.8) is 0 Å². The third-order valence-electron chi connectivity index (χ3n) is 7.97. The number of carboxylic acid groups (broad SMARTS) is 1. The van der Waals surface area contributed by atoms with Crippen LogP contribution < -0.4 is 9.47 Å². The van der Waals surface area contributed by atoms with Crippen LogP contribution in [0.15, 0.2) is 18.2 Å². The lowest BCUT2D eigenvalue weighted by atomic mass is 9.79. The van der Waals surface area contributed by atoms with E-state index in [-0.39, 0.29) is 23.8 Å². The zero-order chi connectivity index (χ0) is 31.1. The number of methoxy groups -OCH3 is 2. The molecule has 234 valence electrons. The van der Waals surface area contributed by atoms with Gasteiger partial charge in [-0.1, -0.05) is 33.8 Å². The zero-order valence-electron chi connectivity index (χ0n) is 27.0. The van der Waals surface area contributed by atoms with Gasteiger partial charge in [0.1, 0.15) is 11.3 Å². The number of carbonyl (C=O) groups is 2. The first kappa shape index (κ1) is 34.7. The van der Waals surface area contributed by atoms with Crippen molar-refractivity contribution in [2.45, 2.75) is 105 Å². The van der Waals surface area contributed by atoms with Crippen LogP contribution in [0.25, 0.3) is 0 Å². The lowest BCUT2D eigenvalue weighted by Gasteiger charge is -2.37. The van der Waals surface area contributed by atoms with Gasteiger partial charge in [0, 0.05) is 20.1 Å². The number of ether oxygens (including phenoxy) is 5. The first-order valence-corrected chi connectivity index (χ1v) is 14.7. The average molecular weight is 580 g/mol. The molecule has 5 atom stereocenters. The van der Waals surface area contributed by atoms with Crippen molar-refractivity contribution in [2.24, 2.45) is 23.7 Å². The lowest BCUT2D eigenvalue weighted by Crippen LogP contribution is -2.51. The number of amides is 1. The predicted octanol–water partition coefficient (Wildman–Crippen LogP) is 6.41. The van der Waals surface area contributed by atoms with Crippen LogP contribution in [0.3, 0.4) is 0 Å². The summed E-state index contributed by atoms with van der Waals surface area (Å²) in [6.07, 6.45) is 1.21. The molecule has 0 aliphatic carbocycles. The van der Waals surface area contributed by atoms with Gasteiger partial charge in [-0.15, -0.1) is 0 Å². The van der Waals surface area contributed by atoms with Crippen LogP contribution in [0.4, 0.5) is 4.79 Å². The van der Waals surface area contributed by atoms with E-state index >= 15 is 0 Å². The molecule has 1 fully saturated rings. The standard InChI is InChI=1S/C32H53NO8/c1-20(2)24(17-23-13-14-26(38-11)27(18-23)39-16-12-15-37-10)19-25-28(21(3)22(4)29(34)35)40-32(8,9)33(25)30(36)41-31(5,6)7/h13-14,18,20-22,24-25,28H,12,15-17,19H2,1-11H3,(H,34,35)/t21?,22-,24-,25-,28-/m0/s1. The smallest absolute Gasteiger partial charge is 0.412 e. The molecule has 1 aromatic carbocycles. The molecular formula is C32H53NO8. The summed E-state index contributed by atoms with van der Waals surface area (Å²) in [4.78, 5) is 27.2. The fourth-order valence-electron chi connectivity index (χ4n) is 5.44. The molecule has 1 N–H and O–H groups in total. The number of carboxylic acids is 1. The normalized spacial score (nSPS) is 20.9. The minimum atomic E-state index is -0.963. The number of aliphatic carboxylic acids is 1. The van der Waals surface area contributed by atoms with E-state index < -0.39 is 35.4 Å². The van der Waals surface area contributed by atoms with Crippen LogP contribution in [0.1, 0.15) is 80.7 Å². The Morgan fingerprint density at radius 1 is 1.07 bits per heavy atom. The van der Waals surface area contributed by atoms with E-state index in [9.17, 15) is 14.7 Å². The molecule has 41 heavy (non-hydrogen) atoms.